The second-order valence-electron chi connectivity index (χ2n) is 5.50. The van der Waals surface area contributed by atoms with Crippen molar-refractivity contribution >= 4 is 5.78 Å². The van der Waals surface area contributed by atoms with Crippen molar-refractivity contribution in [1.82, 2.24) is 4.90 Å². The van der Waals surface area contributed by atoms with Gasteiger partial charge in [-0.25, -0.2) is 4.39 Å². The summed E-state index contributed by atoms with van der Waals surface area (Å²) in [6.45, 7) is 1.37. The van der Waals surface area contributed by atoms with E-state index in [9.17, 15) is 14.3 Å². The molecule has 1 atom stereocenters. The third kappa shape index (κ3) is 4.39. The summed E-state index contributed by atoms with van der Waals surface area (Å²) in [6, 6.07) is 6.17. The van der Waals surface area contributed by atoms with E-state index in [1.54, 1.807) is 12.1 Å². The van der Waals surface area contributed by atoms with Crippen LogP contribution in [-0.2, 0) is 11.2 Å². The number of Topliss-reactive ketones (excluding diaryl/α,β-unsaturated/α-hetero) is 1. The van der Waals surface area contributed by atoms with Crippen molar-refractivity contribution < 1.29 is 14.3 Å². The summed E-state index contributed by atoms with van der Waals surface area (Å²) >= 11 is 0. The molecule has 0 radical (unpaired) electrons. The molecule has 1 saturated heterocycles. The van der Waals surface area contributed by atoms with Gasteiger partial charge in [0, 0.05) is 12.5 Å². The van der Waals surface area contributed by atoms with Crippen molar-refractivity contribution in [2.45, 2.75) is 38.1 Å². The van der Waals surface area contributed by atoms with Crippen LogP contribution < -0.4 is 0 Å². The fourth-order valence-electron chi connectivity index (χ4n) is 2.76. The average molecular weight is 279 g/mol. The lowest BCUT2D eigenvalue weighted by Crippen LogP contribution is -2.41. The Kier molecular flexibility index (Phi) is 5.68. The number of aliphatic hydroxyl groups is 1. The fraction of sp³-hybridized carbons (Fsp3) is 0.562. The van der Waals surface area contributed by atoms with Crippen LogP contribution in [0.5, 0.6) is 0 Å². The summed E-state index contributed by atoms with van der Waals surface area (Å²) in [5.41, 5.74) is 0.840. The van der Waals surface area contributed by atoms with E-state index >= 15 is 0 Å². The van der Waals surface area contributed by atoms with Crippen LogP contribution in [0.15, 0.2) is 24.3 Å². The van der Waals surface area contributed by atoms with Gasteiger partial charge in [0.15, 0.2) is 5.78 Å². The molecule has 0 amide bonds. The highest BCUT2D eigenvalue weighted by Crippen LogP contribution is 2.16. The first-order valence-electron chi connectivity index (χ1n) is 7.30. The summed E-state index contributed by atoms with van der Waals surface area (Å²) < 4.78 is 12.8. The van der Waals surface area contributed by atoms with Crippen LogP contribution in [0.1, 0.15) is 31.2 Å². The van der Waals surface area contributed by atoms with Gasteiger partial charge in [-0.3, -0.25) is 9.69 Å². The van der Waals surface area contributed by atoms with Crippen LogP contribution >= 0.6 is 0 Å². The SMILES string of the molecule is O=C(Cc1ccc(F)cc1)CN1CCCCCC1CO. The number of hydrogen-bond acceptors (Lipinski definition) is 3. The normalized spacial score (nSPS) is 20.6. The number of carbonyl (C=O) groups excluding carboxylic acids is 1. The summed E-state index contributed by atoms with van der Waals surface area (Å²) in [5.74, 6) is -0.161. The Morgan fingerprint density at radius 3 is 2.70 bits per heavy atom. The molecule has 2 rings (SSSR count). The Hall–Kier alpha value is -1.26. The van der Waals surface area contributed by atoms with Gasteiger partial charge in [0.1, 0.15) is 5.82 Å². The molecule has 1 aromatic carbocycles. The third-order valence-corrected chi connectivity index (χ3v) is 3.90. The summed E-state index contributed by atoms with van der Waals surface area (Å²) in [5, 5.41) is 9.42. The number of carbonyl (C=O) groups is 1. The lowest BCUT2D eigenvalue weighted by atomic mass is 10.1. The molecule has 1 aliphatic heterocycles. The molecule has 1 aromatic rings. The molecule has 20 heavy (non-hydrogen) atoms. The van der Waals surface area contributed by atoms with Crippen molar-refractivity contribution in [2.24, 2.45) is 0 Å². The standard InChI is InChI=1S/C16H22FNO2/c17-14-7-5-13(6-8-14)10-16(20)11-18-9-3-1-2-4-15(18)12-19/h5-8,15,19H,1-4,9-12H2. The van der Waals surface area contributed by atoms with E-state index in [0.717, 1.165) is 31.4 Å². The van der Waals surface area contributed by atoms with Crippen LogP contribution in [0.2, 0.25) is 0 Å². The summed E-state index contributed by atoms with van der Waals surface area (Å²) in [4.78, 5) is 14.2. The van der Waals surface area contributed by atoms with E-state index in [0.29, 0.717) is 13.0 Å². The largest absolute Gasteiger partial charge is 0.395 e. The molecule has 3 nitrogen and oxygen atoms in total. The number of aliphatic hydroxyl groups excluding tert-OH is 1. The smallest absolute Gasteiger partial charge is 0.151 e. The minimum atomic E-state index is -0.283. The Labute approximate surface area is 119 Å². The van der Waals surface area contributed by atoms with Gasteiger partial charge in [-0.05, 0) is 37.1 Å². The summed E-state index contributed by atoms with van der Waals surface area (Å²) in [7, 11) is 0. The number of hydrogen-bond donors (Lipinski definition) is 1. The molecule has 1 unspecified atom stereocenters. The number of rotatable bonds is 5. The third-order valence-electron chi connectivity index (χ3n) is 3.90. The van der Waals surface area contributed by atoms with Gasteiger partial charge in [0.05, 0.1) is 13.2 Å². The van der Waals surface area contributed by atoms with Crippen molar-refractivity contribution in [3.05, 3.63) is 35.6 Å². The molecule has 1 heterocycles. The Morgan fingerprint density at radius 1 is 1.25 bits per heavy atom. The molecule has 0 aromatic heterocycles. The first kappa shape index (κ1) is 15.1. The van der Waals surface area contributed by atoms with Gasteiger partial charge < -0.3 is 5.11 Å². The molecule has 110 valence electrons. The van der Waals surface area contributed by atoms with Gasteiger partial charge in [-0.1, -0.05) is 25.0 Å². The van der Waals surface area contributed by atoms with Crippen molar-refractivity contribution in [3.8, 4) is 0 Å². The van der Waals surface area contributed by atoms with Crippen LogP contribution in [0.3, 0.4) is 0 Å². The predicted molar refractivity (Wildman–Crippen MR) is 76.0 cm³/mol. The average Bonchev–Trinajstić information content (AvgIpc) is 2.66. The molecule has 1 N–H and O–H groups in total. The maximum absolute atomic E-state index is 12.8. The zero-order chi connectivity index (χ0) is 14.4. The fourth-order valence-corrected chi connectivity index (χ4v) is 2.76. The van der Waals surface area contributed by atoms with E-state index < -0.39 is 0 Å². The van der Waals surface area contributed by atoms with Crippen molar-refractivity contribution in [3.63, 3.8) is 0 Å². The van der Waals surface area contributed by atoms with Gasteiger partial charge in [0.2, 0.25) is 0 Å². The van der Waals surface area contributed by atoms with E-state index in [-0.39, 0.29) is 24.2 Å². The highest BCUT2D eigenvalue weighted by Gasteiger charge is 2.22. The molecular weight excluding hydrogens is 257 g/mol. The molecule has 0 bridgehead atoms. The van der Waals surface area contributed by atoms with E-state index in [1.165, 1.54) is 18.6 Å². The van der Waals surface area contributed by atoms with Crippen LogP contribution in [0.25, 0.3) is 0 Å². The topological polar surface area (TPSA) is 40.5 Å². The second-order valence-corrected chi connectivity index (χ2v) is 5.50. The first-order valence-corrected chi connectivity index (χ1v) is 7.30. The maximum Gasteiger partial charge on any atom is 0.151 e. The van der Waals surface area contributed by atoms with Crippen LogP contribution in [0, 0.1) is 5.82 Å². The second kappa shape index (κ2) is 7.50. The quantitative estimate of drug-likeness (QED) is 0.898. The monoisotopic (exact) mass is 279 g/mol. The molecular formula is C16H22FNO2. The highest BCUT2D eigenvalue weighted by molar-refractivity contribution is 5.82. The number of halogens is 1. The van der Waals surface area contributed by atoms with Gasteiger partial charge >= 0.3 is 0 Å². The van der Waals surface area contributed by atoms with Gasteiger partial charge in [-0.2, -0.15) is 0 Å². The zero-order valence-electron chi connectivity index (χ0n) is 11.7. The summed E-state index contributed by atoms with van der Waals surface area (Å²) in [6.07, 6.45) is 4.66. The maximum atomic E-state index is 12.8. The van der Waals surface area contributed by atoms with Crippen molar-refractivity contribution in [1.29, 1.82) is 0 Å². The number of benzene rings is 1. The van der Waals surface area contributed by atoms with E-state index in [4.69, 9.17) is 0 Å². The van der Waals surface area contributed by atoms with E-state index in [1.807, 2.05) is 0 Å². The molecule has 0 saturated carbocycles. The predicted octanol–water partition coefficient (Wildman–Crippen LogP) is 2.17. The van der Waals surface area contributed by atoms with Gasteiger partial charge in [0.25, 0.3) is 0 Å². The first-order chi connectivity index (χ1) is 9.69. The lowest BCUT2D eigenvalue weighted by molar-refractivity contribution is -0.120. The zero-order valence-corrected chi connectivity index (χ0v) is 11.7. The molecule has 0 spiro atoms. The Bertz CT molecular complexity index is 433. The van der Waals surface area contributed by atoms with Crippen LogP contribution in [0.4, 0.5) is 4.39 Å². The van der Waals surface area contributed by atoms with Gasteiger partial charge in [-0.15, -0.1) is 0 Å². The number of ketones is 1. The Morgan fingerprint density at radius 2 is 2.00 bits per heavy atom. The Balaban J connectivity index is 1.90. The lowest BCUT2D eigenvalue weighted by Gasteiger charge is -2.27. The molecule has 4 heteroatoms. The number of nitrogens with zero attached hydrogens (tertiary/aromatic N) is 1. The number of likely N-dealkylation sites (tertiary alicyclic amines) is 1. The highest BCUT2D eigenvalue weighted by atomic mass is 19.1. The minimum absolute atomic E-state index is 0.106. The minimum Gasteiger partial charge on any atom is -0.395 e. The molecule has 0 aliphatic carbocycles. The van der Waals surface area contributed by atoms with Crippen molar-refractivity contribution in [2.75, 3.05) is 19.7 Å². The van der Waals surface area contributed by atoms with Crippen LogP contribution in [-0.4, -0.2) is 41.5 Å². The van der Waals surface area contributed by atoms with E-state index in [2.05, 4.69) is 4.90 Å². The molecule has 1 fully saturated rings. The molecule has 1 aliphatic rings.